The Morgan fingerprint density at radius 3 is 2.33 bits per heavy atom. The Balaban J connectivity index is 1.81. The number of carbonyl (C=O) groups excluding carboxylic acids is 1. The van der Waals surface area contributed by atoms with Crippen LogP contribution in [-0.2, 0) is 9.53 Å². The lowest BCUT2D eigenvalue weighted by atomic mass is 9.75. The third-order valence-electron chi connectivity index (χ3n) is 5.97. The van der Waals surface area contributed by atoms with Gasteiger partial charge in [0.2, 0.25) is 5.91 Å². The summed E-state index contributed by atoms with van der Waals surface area (Å²) in [6.07, 6.45) is -1.15. The summed E-state index contributed by atoms with van der Waals surface area (Å²) in [4.78, 5) is 11.8. The zero-order chi connectivity index (χ0) is 15.5. The number of carbonyl (C=O) groups is 1. The molecule has 3 N–H and O–H groups in total. The molecule has 3 atom stereocenters. The monoisotopic (exact) mass is 306 g/mol. The van der Waals surface area contributed by atoms with E-state index >= 15 is 0 Å². The van der Waals surface area contributed by atoms with Gasteiger partial charge in [-0.25, -0.2) is 0 Å². The molecule has 3 fully saturated rings. The van der Waals surface area contributed by atoms with Crippen molar-refractivity contribution in [2.75, 3.05) is 13.7 Å². The van der Waals surface area contributed by atoms with Crippen LogP contribution in [0.3, 0.4) is 0 Å². The van der Waals surface area contributed by atoms with Gasteiger partial charge < -0.3 is 15.8 Å². The fourth-order valence-electron chi connectivity index (χ4n) is 4.67. The van der Waals surface area contributed by atoms with Gasteiger partial charge in [0.05, 0.1) is 16.9 Å². The van der Waals surface area contributed by atoms with Gasteiger partial charge in [-0.3, -0.25) is 4.79 Å². The average Bonchev–Trinajstić information content (AvgIpc) is 3.02. The quantitative estimate of drug-likeness (QED) is 0.832. The van der Waals surface area contributed by atoms with Crippen LogP contribution >= 0.6 is 0 Å². The minimum Gasteiger partial charge on any atom is -0.381 e. The van der Waals surface area contributed by atoms with E-state index in [0.717, 1.165) is 25.7 Å². The summed E-state index contributed by atoms with van der Waals surface area (Å²) in [5.74, 6) is -0.737. The van der Waals surface area contributed by atoms with E-state index in [1.165, 1.54) is 0 Å². The molecule has 2 saturated carbocycles. The lowest BCUT2D eigenvalue weighted by Gasteiger charge is -2.35. The molecule has 7 heteroatoms. The van der Waals surface area contributed by atoms with E-state index in [2.05, 4.69) is 5.32 Å². The minimum atomic E-state index is -4.38. The summed E-state index contributed by atoms with van der Waals surface area (Å²) < 4.78 is 45.4. The van der Waals surface area contributed by atoms with E-state index in [9.17, 15) is 18.0 Å². The van der Waals surface area contributed by atoms with Crippen LogP contribution < -0.4 is 11.1 Å². The number of fused-ring (bicyclic) bond motifs is 1. The molecule has 3 unspecified atom stereocenters. The van der Waals surface area contributed by atoms with Gasteiger partial charge in [0, 0.05) is 19.7 Å². The lowest BCUT2D eigenvalue weighted by molar-refractivity contribution is -0.192. The van der Waals surface area contributed by atoms with Gasteiger partial charge in [-0.15, -0.1) is 0 Å². The van der Waals surface area contributed by atoms with Crippen LogP contribution in [0.5, 0.6) is 0 Å². The van der Waals surface area contributed by atoms with Crippen molar-refractivity contribution in [3.8, 4) is 0 Å². The molecule has 0 bridgehead atoms. The molecule has 21 heavy (non-hydrogen) atoms. The molecular weight excluding hydrogens is 285 g/mol. The maximum absolute atomic E-state index is 13.4. The molecule has 3 aliphatic rings. The summed E-state index contributed by atoms with van der Waals surface area (Å²) >= 11 is 0. The van der Waals surface area contributed by atoms with E-state index in [1.54, 1.807) is 7.11 Å². The summed E-state index contributed by atoms with van der Waals surface area (Å²) in [7, 11) is 1.65. The van der Waals surface area contributed by atoms with Crippen molar-refractivity contribution in [3.05, 3.63) is 0 Å². The number of amides is 1. The van der Waals surface area contributed by atoms with Crippen molar-refractivity contribution in [3.63, 3.8) is 0 Å². The molecular formula is C14H21F3N2O2. The highest BCUT2D eigenvalue weighted by Gasteiger charge is 2.87. The summed E-state index contributed by atoms with van der Waals surface area (Å²) in [6, 6.07) is -0.450. The van der Waals surface area contributed by atoms with Crippen LogP contribution in [0.15, 0.2) is 0 Å². The molecule has 1 amide bonds. The van der Waals surface area contributed by atoms with Crippen molar-refractivity contribution in [2.45, 2.75) is 50.4 Å². The van der Waals surface area contributed by atoms with Crippen LogP contribution in [-0.4, -0.2) is 37.9 Å². The number of rotatable bonds is 3. The third kappa shape index (κ3) is 1.86. The first-order valence-electron chi connectivity index (χ1n) is 7.41. The summed E-state index contributed by atoms with van der Waals surface area (Å²) in [5.41, 5.74) is 2.03. The molecule has 1 saturated heterocycles. The molecule has 0 radical (unpaired) electrons. The van der Waals surface area contributed by atoms with Crippen LogP contribution in [0.1, 0.15) is 32.1 Å². The first kappa shape index (κ1) is 15.1. The van der Waals surface area contributed by atoms with Gasteiger partial charge in [0.15, 0.2) is 0 Å². The van der Waals surface area contributed by atoms with Crippen LogP contribution in [0, 0.1) is 16.7 Å². The second-order valence-electron chi connectivity index (χ2n) is 6.72. The maximum Gasteiger partial charge on any atom is 0.396 e. The van der Waals surface area contributed by atoms with Crippen molar-refractivity contribution < 1.29 is 22.7 Å². The molecule has 1 aliphatic heterocycles. The highest BCUT2D eigenvalue weighted by Crippen LogP contribution is 2.76. The number of hydrogen-bond acceptors (Lipinski definition) is 3. The maximum atomic E-state index is 13.4. The van der Waals surface area contributed by atoms with Crippen LogP contribution in [0.2, 0.25) is 0 Å². The van der Waals surface area contributed by atoms with Crippen LogP contribution in [0.25, 0.3) is 0 Å². The van der Waals surface area contributed by atoms with Crippen molar-refractivity contribution >= 4 is 5.91 Å². The number of nitrogens with two attached hydrogens (primary N) is 1. The Morgan fingerprint density at radius 1 is 1.29 bits per heavy atom. The second kappa shape index (κ2) is 4.59. The van der Waals surface area contributed by atoms with E-state index < -0.39 is 29.0 Å². The Bertz CT molecular complexity index is 448. The first-order valence-corrected chi connectivity index (χ1v) is 7.41. The Labute approximate surface area is 121 Å². The smallest absolute Gasteiger partial charge is 0.381 e. The number of ether oxygens (including phenoxy) is 1. The number of halogens is 3. The normalized spacial score (nSPS) is 46.2. The summed E-state index contributed by atoms with van der Waals surface area (Å²) in [5, 5.41) is 2.97. The molecule has 120 valence electrons. The van der Waals surface area contributed by atoms with Gasteiger partial charge in [0.1, 0.15) is 0 Å². The Morgan fingerprint density at radius 2 is 1.90 bits per heavy atom. The molecule has 3 rings (SSSR count). The van der Waals surface area contributed by atoms with Crippen molar-refractivity contribution in [1.82, 2.24) is 5.32 Å². The molecule has 1 heterocycles. The molecule has 0 aromatic carbocycles. The van der Waals surface area contributed by atoms with Gasteiger partial charge in [-0.2, -0.15) is 13.2 Å². The van der Waals surface area contributed by atoms with Crippen molar-refractivity contribution in [1.29, 1.82) is 0 Å². The minimum absolute atomic E-state index is 0.0654. The second-order valence-corrected chi connectivity index (χ2v) is 6.72. The fraction of sp³-hybridized carbons (Fsp3) is 0.929. The zero-order valence-electron chi connectivity index (χ0n) is 12.0. The standard InChI is InChI=1S/C14H21F3N2O2/c1-21-9-4-2-8(3-5-9)10-13(11(18)20)6-12(13,7-19-10)14(15,16)17/h8-10,19H,2-7H2,1H3,(H2,18,20). The Kier molecular flexibility index (Phi) is 3.30. The number of alkyl halides is 3. The summed E-state index contributed by atoms with van der Waals surface area (Å²) in [6.45, 7) is -0.186. The highest BCUT2D eigenvalue weighted by atomic mass is 19.4. The zero-order valence-corrected chi connectivity index (χ0v) is 12.0. The molecule has 0 aromatic heterocycles. The molecule has 4 nitrogen and oxygen atoms in total. The number of piperidine rings is 1. The van der Waals surface area contributed by atoms with Crippen molar-refractivity contribution in [2.24, 2.45) is 22.5 Å². The third-order valence-corrected chi connectivity index (χ3v) is 5.97. The van der Waals surface area contributed by atoms with Gasteiger partial charge in [0.25, 0.3) is 0 Å². The average molecular weight is 306 g/mol. The first-order chi connectivity index (χ1) is 9.78. The number of methoxy groups -OCH3 is 1. The predicted molar refractivity (Wildman–Crippen MR) is 69.3 cm³/mol. The topological polar surface area (TPSA) is 64.3 Å². The lowest BCUT2D eigenvalue weighted by Crippen LogP contribution is -2.47. The van der Waals surface area contributed by atoms with Gasteiger partial charge in [-0.1, -0.05) is 0 Å². The number of hydrogen-bond donors (Lipinski definition) is 2. The van der Waals surface area contributed by atoms with Gasteiger partial charge >= 0.3 is 6.18 Å². The van der Waals surface area contributed by atoms with E-state index in [4.69, 9.17) is 10.5 Å². The van der Waals surface area contributed by atoms with Gasteiger partial charge in [-0.05, 0) is 38.0 Å². The largest absolute Gasteiger partial charge is 0.396 e. The fourth-order valence-corrected chi connectivity index (χ4v) is 4.67. The van der Waals surface area contributed by atoms with E-state index in [-0.39, 0.29) is 25.0 Å². The molecule has 0 aromatic rings. The predicted octanol–water partition coefficient (Wildman–Crippen LogP) is 1.59. The molecule has 2 aliphatic carbocycles. The van der Waals surface area contributed by atoms with E-state index in [1.807, 2.05) is 0 Å². The number of nitrogens with one attached hydrogen (secondary N) is 1. The highest BCUT2D eigenvalue weighted by molar-refractivity contribution is 5.87. The van der Waals surface area contributed by atoms with Crippen LogP contribution in [0.4, 0.5) is 13.2 Å². The Hall–Kier alpha value is -0.820. The number of primary amides is 1. The van der Waals surface area contributed by atoms with E-state index in [0.29, 0.717) is 0 Å². The molecule has 0 spiro atoms. The SMILES string of the molecule is COC1CCC(C2NCC3(C(F)(F)F)CC23C(N)=O)CC1.